The first-order valence-electron chi connectivity index (χ1n) is 5.60. The monoisotopic (exact) mass is 224 g/mol. The largest absolute Gasteiger partial charge is 0.481 e. The first-order valence-corrected chi connectivity index (χ1v) is 5.60. The average Bonchev–Trinajstić information content (AvgIpc) is 2.15. The number of carbonyl (C=O) groups is 2. The molecule has 0 aromatic rings. The number of carbonyl (C=O) groups excluding carboxylic acids is 1. The number of aliphatic carboxylic acids is 1. The summed E-state index contributed by atoms with van der Waals surface area (Å²) in [5.74, 6) is -1.19. The van der Waals surface area contributed by atoms with Crippen molar-refractivity contribution in [1.29, 1.82) is 0 Å². The van der Waals surface area contributed by atoms with Crippen LogP contribution in [-0.4, -0.2) is 41.1 Å². The second-order valence-corrected chi connectivity index (χ2v) is 4.37. The molecule has 1 heterocycles. The number of carboxylic acid groups (broad SMARTS) is 1. The number of carboxylic acids is 1. The number of likely N-dealkylation sites (tertiary alicyclic amines) is 1. The third-order valence-corrected chi connectivity index (χ3v) is 3.11. The Morgan fingerprint density at radius 3 is 2.62 bits per heavy atom. The fraction of sp³-hybridized carbons (Fsp3) is 0.636. The molecular weight excluding hydrogens is 208 g/mol. The van der Waals surface area contributed by atoms with Crippen molar-refractivity contribution in [3.63, 3.8) is 0 Å². The van der Waals surface area contributed by atoms with Crippen LogP contribution in [0.1, 0.15) is 19.3 Å². The molecule has 2 amide bonds. The molecule has 1 saturated heterocycles. The highest BCUT2D eigenvalue weighted by molar-refractivity contribution is 5.79. The van der Waals surface area contributed by atoms with Gasteiger partial charge in [0.05, 0.1) is 5.92 Å². The van der Waals surface area contributed by atoms with Gasteiger partial charge in [-0.25, -0.2) is 4.79 Å². The fourth-order valence-electron chi connectivity index (χ4n) is 1.99. The van der Waals surface area contributed by atoms with E-state index in [1.54, 1.807) is 4.90 Å². The standard InChI is InChI=1S/C11H16N2O3/c14-10(15)8-6-13(7-8)11(16)12-9-4-2-1-3-5-9/h1-2,8-9H,3-7H2,(H,12,16)(H,14,15). The van der Waals surface area contributed by atoms with Crippen molar-refractivity contribution in [3.8, 4) is 0 Å². The number of urea groups is 1. The summed E-state index contributed by atoms with van der Waals surface area (Å²) in [6.07, 6.45) is 7.04. The van der Waals surface area contributed by atoms with Gasteiger partial charge in [-0.1, -0.05) is 12.2 Å². The van der Waals surface area contributed by atoms with Gasteiger partial charge in [-0.05, 0) is 19.3 Å². The SMILES string of the molecule is O=C(O)C1CN(C(=O)NC2CC=CCC2)C1. The van der Waals surface area contributed by atoms with Gasteiger partial charge in [0.15, 0.2) is 0 Å². The summed E-state index contributed by atoms with van der Waals surface area (Å²) in [4.78, 5) is 23.8. The molecule has 0 spiro atoms. The summed E-state index contributed by atoms with van der Waals surface area (Å²) in [6, 6.07) is 0.0826. The minimum absolute atomic E-state index is 0.127. The molecule has 1 aliphatic carbocycles. The zero-order valence-corrected chi connectivity index (χ0v) is 9.06. The fourth-order valence-corrected chi connectivity index (χ4v) is 1.99. The van der Waals surface area contributed by atoms with E-state index in [-0.39, 0.29) is 18.0 Å². The molecular formula is C11H16N2O3. The van der Waals surface area contributed by atoms with Gasteiger partial charge in [-0.15, -0.1) is 0 Å². The van der Waals surface area contributed by atoms with Crippen molar-refractivity contribution in [2.75, 3.05) is 13.1 Å². The highest BCUT2D eigenvalue weighted by Crippen LogP contribution is 2.17. The lowest BCUT2D eigenvalue weighted by molar-refractivity contribution is -0.146. The Morgan fingerprint density at radius 2 is 2.06 bits per heavy atom. The van der Waals surface area contributed by atoms with Crippen molar-refractivity contribution >= 4 is 12.0 Å². The van der Waals surface area contributed by atoms with Crippen LogP contribution in [0.2, 0.25) is 0 Å². The highest BCUT2D eigenvalue weighted by Gasteiger charge is 2.36. The number of nitrogens with one attached hydrogen (secondary N) is 1. The second-order valence-electron chi connectivity index (χ2n) is 4.37. The predicted octanol–water partition coefficient (Wildman–Crippen LogP) is 0.821. The lowest BCUT2D eigenvalue weighted by Crippen LogP contribution is -2.57. The smallest absolute Gasteiger partial charge is 0.317 e. The van der Waals surface area contributed by atoms with Gasteiger partial charge in [-0.2, -0.15) is 0 Å². The third-order valence-electron chi connectivity index (χ3n) is 3.11. The highest BCUT2D eigenvalue weighted by atomic mass is 16.4. The van der Waals surface area contributed by atoms with Crippen LogP contribution in [0.5, 0.6) is 0 Å². The maximum atomic E-state index is 11.7. The Balaban J connectivity index is 1.73. The molecule has 2 N–H and O–H groups in total. The first kappa shape index (κ1) is 11.0. The average molecular weight is 224 g/mol. The van der Waals surface area contributed by atoms with Crippen molar-refractivity contribution in [2.45, 2.75) is 25.3 Å². The maximum Gasteiger partial charge on any atom is 0.317 e. The Bertz CT molecular complexity index is 321. The van der Waals surface area contributed by atoms with E-state index in [1.165, 1.54) is 0 Å². The Kier molecular flexibility index (Phi) is 3.12. The number of amides is 2. The van der Waals surface area contributed by atoms with E-state index >= 15 is 0 Å². The van der Waals surface area contributed by atoms with Gasteiger partial charge in [-0.3, -0.25) is 4.79 Å². The van der Waals surface area contributed by atoms with Crippen molar-refractivity contribution in [3.05, 3.63) is 12.2 Å². The minimum Gasteiger partial charge on any atom is -0.481 e. The number of hydrogen-bond donors (Lipinski definition) is 2. The van der Waals surface area contributed by atoms with Crippen molar-refractivity contribution in [2.24, 2.45) is 5.92 Å². The van der Waals surface area contributed by atoms with Gasteiger partial charge >= 0.3 is 12.0 Å². The Hall–Kier alpha value is -1.52. The topological polar surface area (TPSA) is 69.6 Å². The molecule has 5 nitrogen and oxygen atoms in total. The van der Waals surface area contributed by atoms with E-state index in [0.29, 0.717) is 13.1 Å². The molecule has 0 radical (unpaired) electrons. The van der Waals surface area contributed by atoms with Crippen LogP contribution < -0.4 is 5.32 Å². The lowest BCUT2D eigenvalue weighted by atomic mass is 10.0. The molecule has 2 aliphatic rings. The second kappa shape index (κ2) is 4.55. The van der Waals surface area contributed by atoms with Gasteiger partial charge in [0.25, 0.3) is 0 Å². The molecule has 0 aromatic carbocycles. The van der Waals surface area contributed by atoms with Gasteiger partial charge in [0, 0.05) is 19.1 Å². The van der Waals surface area contributed by atoms with E-state index in [2.05, 4.69) is 17.5 Å². The summed E-state index contributed by atoms with van der Waals surface area (Å²) >= 11 is 0. The summed E-state index contributed by atoms with van der Waals surface area (Å²) in [5.41, 5.74) is 0. The van der Waals surface area contributed by atoms with Crippen LogP contribution in [0.3, 0.4) is 0 Å². The van der Waals surface area contributed by atoms with Crippen LogP contribution >= 0.6 is 0 Å². The quantitative estimate of drug-likeness (QED) is 0.682. The number of nitrogens with zero attached hydrogens (tertiary/aromatic N) is 1. The summed E-state index contributed by atoms with van der Waals surface area (Å²) in [7, 11) is 0. The van der Waals surface area contributed by atoms with E-state index in [0.717, 1.165) is 19.3 Å². The molecule has 1 aliphatic heterocycles. The molecule has 88 valence electrons. The summed E-state index contributed by atoms with van der Waals surface area (Å²) < 4.78 is 0. The molecule has 0 bridgehead atoms. The predicted molar refractivity (Wildman–Crippen MR) is 58.0 cm³/mol. The molecule has 2 rings (SSSR count). The normalized spacial score (nSPS) is 25.0. The molecule has 0 aromatic heterocycles. The third kappa shape index (κ3) is 2.35. The first-order chi connectivity index (χ1) is 7.66. The van der Waals surface area contributed by atoms with E-state index in [1.807, 2.05) is 0 Å². The van der Waals surface area contributed by atoms with Crippen LogP contribution in [0.4, 0.5) is 4.79 Å². The van der Waals surface area contributed by atoms with Crippen molar-refractivity contribution < 1.29 is 14.7 Å². The van der Waals surface area contributed by atoms with Crippen LogP contribution in [0, 0.1) is 5.92 Å². The lowest BCUT2D eigenvalue weighted by Gasteiger charge is -2.37. The van der Waals surface area contributed by atoms with Crippen LogP contribution in [-0.2, 0) is 4.79 Å². The van der Waals surface area contributed by atoms with Gasteiger partial charge < -0.3 is 15.3 Å². The molecule has 1 unspecified atom stereocenters. The van der Waals surface area contributed by atoms with E-state index in [9.17, 15) is 9.59 Å². The molecule has 5 heteroatoms. The zero-order valence-electron chi connectivity index (χ0n) is 9.06. The summed E-state index contributed by atoms with van der Waals surface area (Å²) in [5, 5.41) is 11.6. The molecule has 0 saturated carbocycles. The molecule has 1 atom stereocenters. The zero-order chi connectivity index (χ0) is 11.5. The maximum absolute atomic E-state index is 11.7. The minimum atomic E-state index is -0.815. The number of allylic oxidation sites excluding steroid dienone is 1. The van der Waals surface area contributed by atoms with Crippen LogP contribution in [0.15, 0.2) is 12.2 Å². The number of rotatable bonds is 2. The van der Waals surface area contributed by atoms with E-state index < -0.39 is 5.97 Å². The molecule has 1 fully saturated rings. The molecule has 16 heavy (non-hydrogen) atoms. The Morgan fingerprint density at radius 1 is 1.31 bits per heavy atom. The van der Waals surface area contributed by atoms with Crippen molar-refractivity contribution in [1.82, 2.24) is 10.2 Å². The van der Waals surface area contributed by atoms with Gasteiger partial charge in [0.1, 0.15) is 0 Å². The number of hydrogen-bond acceptors (Lipinski definition) is 2. The Labute approximate surface area is 94.1 Å². The van der Waals surface area contributed by atoms with E-state index in [4.69, 9.17) is 5.11 Å². The summed E-state index contributed by atoms with van der Waals surface area (Å²) in [6.45, 7) is 0.674. The van der Waals surface area contributed by atoms with Crippen LogP contribution in [0.25, 0.3) is 0 Å². The van der Waals surface area contributed by atoms with Gasteiger partial charge in [0.2, 0.25) is 0 Å².